The van der Waals surface area contributed by atoms with Gasteiger partial charge in [-0.1, -0.05) is 0 Å². The van der Waals surface area contributed by atoms with E-state index in [9.17, 15) is 0 Å². The topological polar surface area (TPSA) is 25.4 Å². The Labute approximate surface area is 110 Å². The van der Waals surface area contributed by atoms with Crippen LogP contribution in [0, 0.1) is 0 Å². The minimum absolute atomic E-state index is 0.297. The number of rotatable bonds is 5. The molecule has 4 heteroatoms. The van der Waals surface area contributed by atoms with E-state index in [0.29, 0.717) is 20.6 Å². The Morgan fingerprint density at radius 1 is 1.35 bits per heavy atom. The van der Waals surface area contributed by atoms with Gasteiger partial charge in [-0.15, -0.1) is 0 Å². The Bertz CT molecular complexity index is 315. The zero-order valence-electron chi connectivity index (χ0n) is 10.8. The summed E-state index contributed by atoms with van der Waals surface area (Å²) in [6, 6.07) is 0. The second-order valence-corrected chi connectivity index (χ2v) is 6.63. The van der Waals surface area contributed by atoms with Gasteiger partial charge in [0.15, 0.2) is 0 Å². The number of hydrogen-bond acceptors (Lipinski definition) is 3. The van der Waals surface area contributed by atoms with Gasteiger partial charge in [0.1, 0.15) is 0 Å². The van der Waals surface area contributed by atoms with Crippen LogP contribution in [-0.2, 0) is 4.74 Å². The quantitative estimate of drug-likeness (QED) is 0.782. The van der Waals surface area contributed by atoms with Gasteiger partial charge in [0.05, 0.1) is 0 Å². The maximum absolute atomic E-state index is 5.77. The fraction of sp³-hybridized carbons (Fsp3) is 0.769. The first-order valence-electron chi connectivity index (χ1n) is 6.67. The summed E-state index contributed by atoms with van der Waals surface area (Å²) in [5, 5.41) is 0. The molecule has 1 aromatic rings. The van der Waals surface area contributed by atoms with Crippen molar-refractivity contribution in [2.45, 2.75) is 45.6 Å². The molecule has 0 spiro atoms. The summed E-state index contributed by atoms with van der Waals surface area (Å²) in [5.41, 5.74) is 0. The van der Waals surface area contributed by atoms with Crippen molar-refractivity contribution in [3.63, 3.8) is 0 Å². The monoisotopic (exact) mass is 302 g/mol. The van der Waals surface area contributed by atoms with Crippen molar-refractivity contribution in [3.8, 4) is 0 Å². The molecule has 1 aliphatic rings. The molecule has 1 fully saturated rings. The van der Waals surface area contributed by atoms with Crippen molar-refractivity contribution in [1.82, 2.24) is 4.98 Å². The summed E-state index contributed by atoms with van der Waals surface area (Å²) in [7, 11) is 0. The van der Waals surface area contributed by atoms with Crippen molar-refractivity contribution in [2.24, 2.45) is 0 Å². The molecule has 1 saturated heterocycles. The van der Waals surface area contributed by atoms with Gasteiger partial charge in [0.2, 0.25) is 0 Å². The van der Waals surface area contributed by atoms with Gasteiger partial charge in [-0.2, -0.15) is 0 Å². The third-order valence-corrected chi connectivity index (χ3v) is 5.61. The first-order chi connectivity index (χ1) is 8.35. The van der Waals surface area contributed by atoms with Crippen LogP contribution in [0.5, 0.6) is 0 Å². The van der Waals surface area contributed by atoms with Gasteiger partial charge in [-0.3, -0.25) is 0 Å². The third kappa shape index (κ3) is 3.34. The van der Waals surface area contributed by atoms with E-state index < -0.39 is 0 Å². The van der Waals surface area contributed by atoms with Crippen molar-refractivity contribution in [2.75, 3.05) is 24.6 Å². The van der Waals surface area contributed by atoms with Crippen LogP contribution >= 0.6 is 0 Å². The fourth-order valence-electron chi connectivity index (χ4n) is 2.26. The van der Waals surface area contributed by atoms with Crippen LogP contribution in [-0.4, -0.2) is 39.2 Å². The van der Waals surface area contributed by atoms with Crippen molar-refractivity contribution in [3.05, 3.63) is 10.6 Å². The summed E-state index contributed by atoms with van der Waals surface area (Å²) < 4.78 is 8.51. The summed E-state index contributed by atoms with van der Waals surface area (Å²) in [5.74, 6) is 0. The molecule has 0 bridgehead atoms. The first-order valence-corrected chi connectivity index (χ1v) is 8.38. The average Bonchev–Trinajstić information content (AvgIpc) is 2.86. The SMILES string of the molecule is CCOC(CC)c1cnc(N2CCCCC2)[se]1. The van der Waals surface area contributed by atoms with Gasteiger partial charge in [-0.05, 0) is 0 Å². The van der Waals surface area contributed by atoms with E-state index >= 15 is 0 Å². The summed E-state index contributed by atoms with van der Waals surface area (Å²) in [6.45, 7) is 7.46. The predicted octanol–water partition coefficient (Wildman–Crippen LogP) is 2.62. The summed E-state index contributed by atoms with van der Waals surface area (Å²) in [4.78, 5) is 7.10. The van der Waals surface area contributed by atoms with E-state index in [4.69, 9.17) is 4.74 Å². The molecule has 17 heavy (non-hydrogen) atoms. The first kappa shape index (κ1) is 13.1. The normalized spacial score (nSPS) is 18.4. The van der Waals surface area contributed by atoms with Crippen LogP contribution < -0.4 is 4.90 Å². The Hall–Kier alpha value is -0.311. The molecule has 0 aromatic carbocycles. The molecule has 1 unspecified atom stereocenters. The van der Waals surface area contributed by atoms with E-state index in [-0.39, 0.29) is 0 Å². The van der Waals surface area contributed by atoms with Crippen LogP contribution in [0.15, 0.2) is 6.20 Å². The molecule has 0 saturated carbocycles. The molecule has 0 N–H and O–H groups in total. The predicted molar refractivity (Wildman–Crippen MR) is 71.9 cm³/mol. The van der Waals surface area contributed by atoms with E-state index in [2.05, 4.69) is 29.9 Å². The Morgan fingerprint density at radius 3 is 2.76 bits per heavy atom. The van der Waals surface area contributed by atoms with Crippen LogP contribution in [0.1, 0.15) is 50.1 Å². The molecular weight excluding hydrogens is 279 g/mol. The molecule has 2 rings (SSSR count). The van der Waals surface area contributed by atoms with Crippen LogP contribution in [0.4, 0.5) is 4.69 Å². The van der Waals surface area contributed by atoms with Crippen LogP contribution in [0.2, 0.25) is 0 Å². The molecule has 1 aliphatic heterocycles. The van der Waals surface area contributed by atoms with Gasteiger partial charge >= 0.3 is 110 Å². The van der Waals surface area contributed by atoms with Gasteiger partial charge in [0.25, 0.3) is 0 Å². The second-order valence-electron chi connectivity index (χ2n) is 4.45. The van der Waals surface area contributed by atoms with E-state index in [1.54, 1.807) is 0 Å². The number of hydrogen-bond donors (Lipinski definition) is 0. The minimum atomic E-state index is 0.297. The number of aromatic nitrogens is 1. The average molecular weight is 301 g/mol. The van der Waals surface area contributed by atoms with E-state index in [1.165, 1.54) is 41.5 Å². The fourth-order valence-corrected chi connectivity index (χ4v) is 4.57. The molecule has 2 heterocycles. The van der Waals surface area contributed by atoms with E-state index in [1.807, 2.05) is 0 Å². The molecule has 0 amide bonds. The standard InChI is InChI=1S/C13H22N2OSe/c1-3-11(16-4-2)12-10-14-13(17-12)15-8-6-5-7-9-15/h10-11H,3-9H2,1-2H3. The number of anilines is 1. The van der Waals surface area contributed by atoms with E-state index in [0.717, 1.165) is 13.0 Å². The molecule has 1 aromatic heterocycles. The maximum atomic E-state index is 5.77. The third-order valence-electron chi connectivity index (χ3n) is 3.19. The zero-order chi connectivity index (χ0) is 12.1. The van der Waals surface area contributed by atoms with Crippen LogP contribution in [0.25, 0.3) is 0 Å². The Morgan fingerprint density at radius 2 is 2.12 bits per heavy atom. The summed E-state index contributed by atoms with van der Waals surface area (Å²) >= 11 is 0.396. The van der Waals surface area contributed by atoms with Crippen molar-refractivity contribution in [1.29, 1.82) is 0 Å². The van der Waals surface area contributed by atoms with Gasteiger partial charge < -0.3 is 0 Å². The zero-order valence-corrected chi connectivity index (χ0v) is 12.5. The molecule has 0 radical (unpaired) electrons. The molecule has 96 valence electrons. The number of piperidine rings is 1. The molecule has 0 aliphatic carbocycles. The van der Waals surface area contributed by atoms with Crippen molar-refractivity contribution < 1.29 is 4.74 Å². The van der Waals surface area contributed by atoms with Crippen molar-refractivity contribution >= 4 is 19.2 Å². The van der Waals surface area contributed by atoms with Crippen LogP contribution in [0.3, 0.4) is 0 Å². The molecular formula is C13H22N2OSe. The Kier molecular flexibility index (Phi) is 5.08. The molecule has 1 atom stereocenters. The second kappa shape index (κ2) is 6.58. The number of ether oxygens (including phenoxy) is 1. The molecule has 3 nitrogen and oxygen atoms in total. The van der Waals surface area contributed by atoms with Gasteiger partial charge in [0, 0.05) is 0 Å². The Balaban J connectivity index is 2.03. The van der Waals surface area contributed by atoms with Gasteiger partial charge in [-0.25, -0.2) is 0 Å². The number of nitrogens with zero attached hydrogens (tertiary/aromatic N) is 2. The summed E-state index contributed by atoms with van der Waals surface area (Å²) in [6.07, 6.45) is 7.46.